The Labute approximate surface area is 114 Å². The molecule has 0 fully saturated rings. The van der Waals surface area contributed by atoms with Crippen molar-refractivity contribution in [3.8, 4) is 11.3 Å². The Kier molecular flexibility index (Phi) is 3.92. The molecule has 2 aromatic rings. The normalized spacial score (nSPS) is 11.4. The highest BCUT2D eigenvalue weighted by molar-refractivity contribution is 5.63. The van der Waals surface area contributed by atoms with Gasteiger partial charge in [-0.3, -0.25) is 4.98 Å². The van der Waals surface area contributed by atoms with Gasteiger partial charge in [-0.2, -0.15) is 13.2 Å². The number of rotatable bonds is 3. The summed E-state index contributed by atoms with van der Waals surface area (Å²) < 4.78 is 38.7. The van der Waals surface area contributed by atoms with Crippen LogP contribution < -0.4 is 5.32 Å². The number of anilines is 1. The minimum Gasteiger partial charge on any atom is -0.370 e. The summed E-state index contributed by atoms with van der Waals surface area (Å²) in [4.78, 5) is 8.24. The summed E-state index contributed by atoms with van der Waals surface area (Å²) in [6.45, 7) is 4.09. The van der Waals surface area contributed by atoms with Gasteiger partial charge in [-0.1, -0.05) is 0 Å². The summed E-state index contributed by atoms with van der Waals surface area (Å²) in [6.07, 6.45) is -2.84. The standard InChI is InChI=1S/C14H14F3N3/c1-3-18-13-8-11(14(15,16)17)7-12(20-13)10-4-5-19-9(2)6-10/h4-8H,3H2,1-2H3,(H,18,20). The van der Waals surface area contributed by atoms with Crippen molar-refractivity contribution < 1.29 is 13.2 Å². The molecule has 1 N–H and O–H groups in total. The Hall–Kier alpha value is -2.11. The largest absolute Gasteiger partial charge is 0.416 e. The molecule has 0 aliphatic heterocycles. The number of hydrogen-bond donors (Lipinski definition) is 1. The third kappa shape index (κ3) is 3.26. The molecule has 6 heteroatoms. The zero-order valence-electron chi connectivity index (χ0n) is 11.1. The fraction of sp³-hybridized carbons (Fsp3) is 0.286. The molecular weight excluding hydrogens is 267 g/mol. The van der Waals surface area contributed by atoms with Gasteiger partial charge >= 0.3 is 6.18 Å². The second-order valence-electron chi connectivity index (χ2n) is 4.34. The van der Waals surface area contributed by atoms with E-state index in [1.165, 1.54) is 0 Å². The lowest BCUT2D eigenvalue weighted by atomic mass is 10.1. The minimum atomic E-state index is -4.40. The highest BCUT2D eigenvalue weighted by Crippen LogP contribution is 2.33. The SMILES string of the molecule is CCNc1cc(C(F)(F)F)cc(-c2ccnc(C)c2)n1. The van der Waals surface area contributed by atoms with Gasteiger partial charge in [0.1, 0.15) is 5.82 Å². The monoisotopic (exact) mass is 281 g/mol. The van der Waals surface area contributed by atoms with Gasteiger partial charge in [0.15, 0.2) is 0 Å². The number of nitrogens with one attached hydrogen (secondary N) is 1. The summed E-state index contributed by atoms with van der Waals surface area (Å²) in [5.41, 5.74) is 0.906. The van der Waals surface area contributed by atoms with Crippen LogP contribution in [0.5, 0.6) is 0 Å². The van der Waals surface area contributed by atoms with Crippen LogP contribution >= 0.6 is 0 Å². The average Bonchev–Trinajstić information content (AvgIpc) is 2.38. The van der Waals surface area contributed by atoms with Crippen LogP contribution in [0.2, 0.25) is 0 Å². The van der Waals surface area contributed by atoms with Crippen molar-refractivity contribution in [3.05, 3.63) is 41.7 Å². The van der Waals surface area contributed by atoms with Gasteiger partial charge in [0.05, 0.1) is 11.3 Å². The van der Waals surface area contributed by atoms with Gasteiger partial charge in [0, 0.05) is 24.0 Å². The lowest BCUT2D eigenvalue weighted by Gasteiger charge is -2.12. The third-order valence-corrected chi connectivity index (χ3v) is 2.70. The molecule has 0 aromatic carbocycles. The predicted octanol–water partition coefficient (Wildman–Crippen LogP) is 3.90. The number of halogens is 3. The summed E-state index contributed by atoms with van der Waals surface area (Å²) in [5, 5.41) is 2.82. The van der Waals surface area contributed by atoms with Crippen LogP contribution in [0.15, 0.2) is 30.5 Å². The molecule has 0 saturated carbocycles. The Balaban J connectivity index is 2.54. The second-order valence-corrected chi connectivity index (χ2v) is 4.34. The first-order valence-electron chi connectivity index (χ1n) is 6.16. The number of aromatic nitrogens is 2. The van der Waals surface area contributed by atoms with Crippen molar-refractivity contribution in [2.45, 2.75) is 20.0 Å². The lowest BCUT2D eigenvalue weighted by Crippen LogP contribution is -2.08. The van der Waals surface area contributed by atoms with E-state index < -0.39 is 11.7 Å². The topological polar surface area (TPSA) is 37.8 Å². The van der Waals surface area contributed by atoms with Crippen LogP contribution in [-0.2, 0) is 6.18 Å². The van der Waals surface area contributed by atoms with Gasteiger partial charge < -0.3 is 5.32 Å². The zero-order chi connectivity index (χ0) is 14.8. The highest BCUT2D eigenvalue weighted by atomic mass is 19.4. The summed E-state index contributed by atoms with van der Waals surface area (Å²) in [6, 6.07) is 5.42. The predicted molar refractivity (Wildman–Crippen MR) is 71.4 cm³/mol. The van der Waals surface area contributed by atoms with Crippen molar-refractivity contribution in [1.29, 1.82) is 0 Å². The van der Waals surface area contributed by atoms with Gasteiger partial charge in [-0.15, -0.1) is 0 Å². The Morgan fingerprint density at radius 2 is 1.95 bits per heavy atom. The van der Waals surface area contributed by atoms with Crippen LogP contribution in [0.1, 0.15) is 18.2 Å². The molecule has 3 nitrogen and oxygen atoms in total. The first-order chi connectivity index (χ1) is 9.40. The fourth-order valence-electron chi connectivity index (χ4n) is 1.82. The smallest absolute Gasteiger partial charge is 0.370 e. The summed E-state index contributed by atoms with van der Waals surface area (Å²) >= 11 is 0. The Morgan fingerprint density at radius 3 is 2.55 bits per heavy atom. The highest BCUT2D eigenvalue weighted by Gasteiger charge is 2.31. The molecule has 0 bridgehead atoms. The third-order valence-electron chi connectivity index (χ3n) is 2.70. The van der Waals surface area contributed by atoms with Gasteiger partial charge in [0.2, 0.25) is 0 Å². The van der Waals surface area contributed by atoms with Crippen molar-refractivity contribution in [2.75, 3.05) is 11.9 Å². The van der Waals surface area contributed by atoms with Gasteiger partial charge in [-0.25, -0.2) is 4.98 Å². The molecule has 20 heavy (non-hydrogen) atoms. The molecule has 0 atom stereocenters. The van der Waals surface area contributed by atoms with E-state index in [2.05, 4.69) is 15.3 Å². The maximum atomic E-state index is 12.9. The summed E-state index contributed by atoms with van der Waals surface area (Å²) in [7, 11) is 0. The minimum absolute atomic E-state index is 0.215. The first kappa shape index (κ1) is 14.3. The van der Waals surface area contributed by atoms with Crippen LogP contribution in [0.4, 0.5) is 19.0 Å². The van der Waals surface area contributed by atoms with E-state index in [1.54, 1.807) is 32.2 Å². The molecule has 2 heterocycles. The van der Waals surface area contributed by atoms with E-state index in [-0.39, 0.29) is 11.5 Å². The van der Waals surface area contributed by atoms with Crippen LogP contribution in [0.25, 0.3) is 11.3 Å². The maximum absolute atomic E-state index is 12.9. The average molecular weight is 281 g/mol. The number of aryl methyl sites for hydroxylation is 1. The molecule has 0 radical (unpaired) electrons. The van der Waals surface area contributed by atoms with Crippen molar-refractivity contribution >= 4 is 5.82 Å². The first-order valence-corrected chi connectivity index (χ1v) is 6.16. The second kappa shape index (κ2) is 5.48. The number of nitrogens with zero attached hydrogens (tertiary/aromatic N) is 2. The molecule has 0 unspecified atom stereocenters. The molecule has 106 valence electrons. The van der Waals surface area contributed by atoms with Crippen molar-refractivity contribution in [3.63, 3.8) is 0 Å². The molecule has 2 aromatic heterocycles. The zero-order valence-corrected chi connectivity index (χ0v) is 11.1. The maximum Gasteiger partial charge on any atom is 0.416 e. The number of pyridine rings is 2. The molecule has 2 rings (SSSR count). The molecular formula is C14H14F3N3. The van der Waals surface area contributed by atoms with E-state index in [4.69, 9.17) is 0 Å². The number of alkyl halides is 3. The quantitative estimate of drug-likeness (QED) is 0.927. The molecule has 0 saturated heterocycles. The number of hydrogen-bond acceptors (Lipinski definition) is 3. The van der Waals surface area contributed by atoms with E-state index in [1.807, 2.05) is 0 Å². The lowest BCUT2D eigenvalue weighted by molar-refractivity contribution is -0.137. The summed E-state index contributed by atoms with van der Waals surface area (Å²) in [5.74, 6) is 0.215. The van der Waals surface area contributed by atoms with E-state index >= 15 is 0 Å². The van der Waals surface area contributed by atoms with E-state index in [0.29, 0.717) is 12.1 Å². The molecule has 0 spiro atoms. The van der Waals surface area contributed by atoms with E-state index in [9.17, 15) is 13.2 Å². The molecule has 0 aliphatic carbocycles. The van der Waals surface area contributed by atoms with Crippen molar-refractivity contribution in [2.24, 2.45) is 0 Å². The van der Waals surface area contributed by atoms with Crippen LogP contribution in [0.3, 0.4) is 0 Å². The molecule has 0 aliphatic rings. The van der Waals surface area contributed by atoms with Crippen LogP contribution in [0, 0.1) is 6.92 Å². The molecule has 0 amide bonds. The Morgan fingerprint density at radius 1 is 1.20 bits per heavy atom. The van der Waals surface area contributed by atoms with Crippen LogP contribution in [-0.4, -0.2) is 16.5 Å². The van der Waals surface area contributed by atoms with Gasteiger partial charge in [-0.05, 0) is 38.1 Å². The van der Waals surface area contributed by atoms with Crippen molar-refractivity contribution in [1.82, 2.24) is 9.97 Å². The fourth-order valence-corrected chi connectivity index (χ4v) is 1.82. The van der Waals surface area contributed by atoms with E-state index in [0.717, 1.165) is 17.8 Å². The van der Waals surface area contributed by atoms with Gasteiger partial charge in [0.25, 0.3) is 0 Å². The Bertz CT molecular complexity index is 609.